The van der Waals surface area contributed by atoms with Crippen molar-refractivity contribution >= 4 is 11.8 Å². The van der Waals surface area contributed by atoms with E-state index in [1.165, 1.54) is 10.5 Å². The number of nitrogens with one attached hydrogen (secondary N) is 1. The second-order valence-electron chi connectivity index (χ2n) is 4.32. The van der Waals surface area contributed by atoms with Crippen LogP contribution >= 0.6 is 11.8 Å². The van der Waals surface area contributed by atoms with Crippen LogP contribution in [0.5, 0.6) is 5.75 Å². The molecule has 0 saturated carbocycles. The molecular formula is C14H23NOS. The van der Waals surface area contributed by atoms with Crippen LogP contribution in [0.4, 0.5) is 0 Å². The minimum absolute atomic E-state index is 0.317. The van der Waals surface area contributed by atoms with E-state index in [9.17, 15) is 0 Å². The molecule has 96 valence electrons. The Morgan fingerprint density at radius 2 is 2.00 bits per heavy atom. The van der Waals surface area contributed by atoms with Crippen LogP contribution in [0.25, 0.3) is 0 Å². The second-order valence-corrected chi connectivity index (χ2v) is 5.94. The monoisotopic (exact) mass is 253 g/mol. The van der Waals surface area contributed by atoms with Crippen molar-refractivity contribution in [3.8, 4) is 5.75 Å². The zero-order valence-electron chi connectivity index (χ0n) is 11.4. The topological polar surface area (TPSA) is 21.3 Å². The van der Waals surface area contributed by atoms with Gasteiger partial charge in [-0.3, -0.25) is 0 Å². The van der Waals surface area contributed by atoms with E-state index in [0.29, 0.717) is 11.3 Å². The standard InChI is InChI=1S/C14H23NOS/c1-6-15-11(4)14-12(16-5)8-7-9-13(14)17-10(2)3/h7-11,15H,6H2,1-5H3. The Bertz CT molecular complexity index is 352. The largest absolute Gasteiger partial charge is 0.496 e. The van der Waals surface area contributed by atoms with Crippen LogP contribution in [-0.4, -0.2) is 18.9 Å². The van der Waals surface area contributed by atoms with E-state index in [1.54, 1.807) is 7.11 Å². The van der Waals surface area contributed by atoms with E-state index in [1.807, 2.05) is 17.8 Å². The SMILES string of the molecule is CCNC(C)c1c(OC)cccc1SC(C)C. The molecule has 0 heterocycles. The minimum atomic E-state index is 0.317. The van der Waals surface area contributed by atoms with Crippen molar-refractivity contribution in [1.29, 1.82) is 0 Å². The average molecular weight is 253 g/mol. The third-order valence-corrected chi connectivity index (χ3v) is 3.63. The molecule has 0 bridgehead atoms. The predicted molar refractivity (Wildman–Crippen MR) is 76.1 cm³/mol. The van der Waals surface area contributed by atoms with Crippen LogP contribution in [0.1, 0.15) is 39.3 Å². The molecule has 3 heteroatoms. The van der Waals surface area contributed by atoms with Gasteiger partial charge in [-0.1, -0.05) is 26.8 Å². The van der Waals surface area contributed by atoms with Gasteiger partial charge < -0.3 is 10.1 Å². The molecule has 17 heavy (non-hydrogen) atoms. The highest BCUT2D eigenvalue weighted by Gasteiger charge is 2.16. The summed E-state index contributed by atoms with van der Waals surface area (Å²) in [5, 5.41) is 4.04. The second kappa shape index (κ2) is 6.92. The van der Waals surface area contributed by atoms with Crippen LogP contribution in [0.3, 0.4) is 0 Å². The highest BCUT2D eigenvalue weighted by Crippen LogP contribution is 2.36. The fraction of sp³-hybridized carbons (Fsp3) is 0.571. The summed E-state index contributed by atoms with van der Waals surface area (Å²) in [5.74, 6) is 0.976. The first-order valence-corrected chi connectivity index (χ1v) is 7.05. The fourth-order valence-corrected chi connectivity index (χ4v) is 2.96. The summed E-state index contributed by atoms with van der Waals surface area (Å²) in [7, 11) is 1.74. The van der Waals surface area contributed by atoms with Gasteiger partial charge in [-0.05, 0) is 25.6 Å². The molecule has 1 rings (SSSR count). The van der Waals surface area contributed by atoms with E-state index in [4.69, 9.17) is 4.74 Å². The van der Waals surface area contributed by atoms with Crippen LogP contribution in [0, 0.1) is 0 Å². The molecular weight excluding hydrogens is 230 g/mol. The summed E-state index contributed by atoms with van der Waals surface area (Å²) in [6.45, 7) is 9.70. The van der Waals surface area contributed by atoms with Gasteiger partial charge in [0.2, 0.25) is 0 Å². The van der Waals surface area contributed by atoms with Crippen LogP contribution in [-0.2, 0) is 0 Å². The van der Waals surface area contributed by atoms with Gasteiger partial charge in [0.15, 0.2) is 0 Å². The quantitative estimate of drug-likeness (QED) is 0.778. The molecule has 1 aromatic rings. The highest BCUT2D eigenvalue weighted by atomic mass is 32.2. The summed E-state index contributed by atoms with van der Waals surface area (Å²) >= 11 is 1.89. The molecule has 1 unspecified atom stereocenters. The smallest absolute Gasteiger partial charge is 0.124 e. The summed E-state index contributed by atoms with van der Waals surface area (Å²) in [4.78, 5) is 1.31. The first kappa shape index (κ1) is 14.4. The van der Waals surface area contributed by atoms with Crippen molar-refractivity contribution in [3.63, 3.8) is 0 Å². The van der Waals surface area contributed by atoms with E-state index < -0.39 is 0 Å². The highest BCUT2D eigenvalue weighted by molar-refractivity contribution is 8.00. The lowest BCUT2D eigenvalue weighted by Gasteiger charge is -2.20. The Labute approximate surface area is 109 Å². The van der Waals surface area contributed by atoms with Crippen LogP contribution in [0.15, 0.2) is 23.1 Å². The van der Waals surface area contributed by atoms with Gasteiger partial charge in [0.25, 0.3) is 0 Å². The molecule has 0 aliphatic heterocycles. The maximum absolute atomic E-state index is 5.48. The molecule has 2 nitrogen and oxygen atoms in total. The van der Waals surface area contributed by atoms with Crippen molar-refractivity contribution in [2.45, 2.75) is 43.9 Å². The third-order valence-electron chi connectivity index (χ3n) is 2.55. The Morgan fingerprint density at radius 1 is 1.29 bits per heavy atom. The van der Waals surface area contributed by atoms with Gasteiger partial charge in [0.05, 0.1) is 7.11 Å². The molecule has 1 aromatic carbocycles. The van der Waals surface area contributed by atoms with Crippen LogP contribution in [0.2, 0.25) is 0 Å². The Hall–Kier alpha value is -0.670. The maximum atomic E-state index is 5.48. The Balaban J connectivity index is 3.10. The van der Waals surface area contributed by atoms with Gasteiger partial charge in [-0.15, -0.1) is 11.8 Å². The number of ether oxygens (including phenoxy) is 1. The number of thioether (sulfide) groups is 1. The molecule has 1 N–H and O–H groups in total. The van der Waals surface area contributed by atoms with Crippen molar-refractivity contribution in [2.75, 3.05) is 13.7 Å². The van der Waals surface area contributed by atoms with Crippen molar-refractivity contribution in [2.24, 2.45) is 0 Å². The lowest BCUT2D eigenvalue weighted by Crippen LogP contribution is -2.19. The summed E-state index contributed by atoms with van der Waals surface area (Å²) in [6.07, 6.45) is 0. The van der Waals surface area contributed by atoms with E-state index in [2.05, 4.69) is 45.1 Å². The molecule has 0 amide bonds. The summed E-state index contributed by atoms with van der Waals surface area (Å²) in [5.41, 5.74) is 1.27. The molecule has 0 radical (unpaired) electrons. The Morgan fingerprint density at radius 3 is 2.53 bits per heavy atom. The van der Waals surface area contributed by atoms with Gasteiger partial charge in [-0.25, -0.2) is 0 Å². The fourth-order valence-electron chi connectivity index (χ4n) is 1.89. The first-order chi connectivity index (χ1) is 8.10. The summed E-state index contributed by atoms with van der Waals surface area (Å²) in [6, 6.07) is 6.59. The molecule has 0 saturated heterocycles. The van der Waals surface area contributed by atoms with E-state index in [-0.39, 0.29) is 0 Å². The average Bonchev–Trinajstić information content (AvgIpc) is 2.28. The van der Waals surface area contributed by atoms with Gasteiger partial charge in [0.1, 0.15) is 5.75 Å². The number of rotatable bonds is 6. The van der Waals surface area contributed by atoms with Gasteiger partial charge in [0, 0.05) is 21.8 Å². The molecule has 0 aromatic heterocycles. The number of hydrogen-bond donors (Lipinski definition) is 1. The van der Waals surface area contributed by atoms with Gasteiger partial charge in [-0.2, -0.15) is 0 Å². The van der Waals surface area contributed by atoms with E-state index >= 15 is 0 Å². The first-order valence-electron chi connectivity index (χ1n) is 6.17. The predicted octanol–water partition coefficient (Wildman–Crippen LogP) is 3.87. The molecule has 0 fully saturated rings. The molecule has 1 atom stereocenters. The zero-order chi connectivity index (χ0) is 12.8. The number of methoxy groups -OCH3 is 1. The summed E-state index contributed by atoms with van der Waals surface area (Å²) < 4.78 is 5.48. The zero-order valence-corrected chi connectivity index (χ0v) is 12.2. The number of benzene rings is 1. The van der Waals surface area contributed by atoms with Crippen molar-refractivity contribution in [3.05, 3.63) is 23.8 Å². The molecule has 0 aliphatic rings. The lowest BCUT2D eigenvalue weighted by molar-refractivity contribution is 0.400. The minimum Gasteiger partial charge on any atom is -0.496 e. The van der Waals surface area contributed by atoms with Crippen molar-refractivity contribution < 1.29 is 4.74 Å². The normalized spacial score (nSPS) is 12.8. The van der Waals surface area contributed by atoms with Crippen LogP contribution < -0.4 is 10.1 Å². The molecule has 0 aliphatic carbocycles. The molecule has 0 spiro atoms. The van der Waals surface area contributed by atoms with Gasteiger partial charge >= 0.3 is 0 Å². The van der Waals surface area contributed by atoms with E-state index in [0.717, 1.165) is 12.3 Å². The van der Waals surface area contributed by atoms with Crippen molar-refractivity contribution in [1.82, 2.24) is 5.32 Å². The maximum Gasteiger partial charge on any atom is 0.124 e. The Kier molecular flexibility index (Phi) is 5.86. The number of hydrogen-bond acceptors (Lipinski definition) is 3. The third kappa shape index (κ3) is 3.93. The lowest BCUT2D eigenvalue weighted by atomic mass is 10.1.